The van der Waals surface area contributed by atoms with Crippen molar-refractivity contribution in [3.63, 3.8) is 0 Å². The second kappa shape index (κ2) is 9.68. The minimum atomic E-state index is 0.572. The third kappa shape index (κ3) is 5.03. The first-order chi connectivity index (χ1) is 14.3. The van der Waals surface area contributed by atoms with Crippen molar-refractivity contribution >= 4 is 17.0 Å². The number of piperidine rings is 1. The maximum Gasteiger partial charge on any atom is 0.127 e. The number of hydrogen-bond donors (Lipinski definition) is 2. The van der Waals surface area contributed by atoms with E-state index in [4.69, 9.17) is 10.1 Å². The first-order valence-corrected chi connectivity index (χ1v) is 10.5. The molecule has 4 nitrogen and oxygen atoms in total. The lowest BCUT2D eigenvalue weighted by molar-refractivity contribution is 0.186. The number of hydrogen-bond acceptors (Lipinski definition) is 4. The Kier molecular flexibility index (Phi) is 6.55. The smallest absolute Gasteiger partial charge is 0.127 e. The van der Waals surface area contributed by atoms with E-state index in [-0.39, 0.29) is 0 Å². The van der Waals surface area contributed by atoms with Gasteiger partial charge in [0.1, 0.15) is 12.4 Å². The van der Waals surface area contributed by atoms with Crippen LogP contribution in [0.2, 0.25) is 0 Å². The van der Waals surface area contributed by atoms with Crippen molar-refractivity contribution in [3.8, 4) is 5.75 Å². The molecule has 1 fully saturated rings. The Hall–Kier alpha value is -2.69. The number of likely N-dealkylation sites (tertiary alicyclic amines) is 1. The van der Waals surface area contributed by atoms with Gasteiger partial charge in [0.05, 0.1) is 0 Å². The zero-order valence-corrected chi connectivity index (χ0v) is 16.8. The van der Waals surface area contributed by atoms with Crippen molar-refractivity contribution in [2.24, 2.45) is 0 Å². The Morgan fingerprint density at radius 1 is 0.931 bits per heavy atom. The highest BCUT2D eigenvalue weighted by atomic mass is 16.5. The van der Waals surface area contributed by atoms with Gasteiger partial charge in [0, 0.05) is 36.3 Å². The summed E-state index contributed by atoms with van der Waals surface area (Å²) in [6.07, 6.45) is 3.77. The van der Waals surface area contributed by atoms with Gasteiger partial charge < -0.3 is 15.5 Å². The minimum Gasteiger partial charge on any atom is -0.492 e. The summed E-state index contributed by atoms with van der Waals surface area (Å²) >= 11 is 0. The van der Waals surface area contributed by atoms with Crippen LogP contribution in [0.15, 0.2) is 66.7 Å². The quantitative estimate of drug-likeness (QED) is 0.443. The van der Waals surface area contributed by atoms with Crippen molar-refractivity contribution in [2.45, 2.75) is 25.4 Å². The van der Waals surface area contributed by atoms with Crippen LogP contribution in [-0.4, -0.2) is 43.4 Å². The molecule has 1 aliphatic rings. The highest BCUT2D eigenvalue weighted by molar-refractivity contribution is 6.01. The van der Waals surface area contributed by atoms with Gasteiger partial charge in [-0.3, -0.25) is 4.90 Å². The van der Waals surface area contributed by atoms with Gasteiger partial charge in [-0.1, -0.05) is 54.6 Å². The van der Waals surface area contributed by atoms with E-state index in [9.17, 15) is 0 Å². The predicted molar refractivity (Wildman–Crippen MR) is 120 cm³/mol. The lowest BCUT2D eigenvalue weighted by atomic mass is 10.0. The number of benzene rings is 3. The summed E-state index contributed by atoms with van der Waals surface area (Å²) < 4.78 is 6.06. The molecule has 29 heavy (non-hydrogen) atoms. The third-order valence-corrected chi connectivity index (χ3v) is 5.70. The maximum absolute atomic E-state index is 7.58. The maximum atomic E-state index is 7.58. The summed E-state index contributed by atoms with van der Waals surface area (Å²) in [6.45, 7) is 4.84. The first-order valence-electron chi connectivity index (χ1n) is 10.5. The summed E-state index contributed by atoms with van der Waals surface area (Å²) in [5, 5.41) is 13.4. The molecule has 0 atom stereocenters. The zero-order valence-electron chi connectivity index (χ0n) is 16.8. The van der Waals surface area contributed by atoms with Crippen molar-refractivity contribution in [1.82, 2.24) is 10.2 Å². The van der Waals surface area contributed by atoms with Crippen LogP contribution >= 0.6 is 0 Å². The van der Waals surface area contributed by atoms with Crippen molar-refractivity contribution in [3.05, 3.63) is 77.9 Å². The topological polar surface area (TPSA) is 48.4 Å². The van der Waals surface area contributed by atoms with E-state index in [1.807, 2.05) is 30.3 Å². The summed E-state index contributed by atoms with van der Waals surface area (Å²) in [5.41, 5.74) is 2.32. The van der Waals surface area contributed by atoms with Crippen LogP contribution in [0, 0.1) is 5.41 Å². The molecule has 150 valence electrons. The number of ether oxygens (including phenoxy) is 1. The van der Waals surface area contributed by atoms with Crippen LogP contribution in [0.1, 0.15) is 24.0 Å². The lowest BCUT2D eigenvalue weighted by Crippen LogP contribution is -2.43. The fourth-order valence-electron chi connectivity index (χ4n) is 4.11. The molecule has 0 radical (unpaired) electrons. The summed E-state index contributed by atoms with van der Waals surface area (Å²) in [6, 6.07) is 23.4. The average molecular weight is 388 g/mol. The number of fused-ring (bicyclic) bond motifs is 1. The molecule has 4 heteroatoms. The van der Waals surface area contributed by atoms with Crippen LogP contribution < -0.4 is 10.1 Å². The summed E-state index contributed by atoms with van der Waals surface area (Å²) in [4.78, 5) is 2.54. The molecule has 0 aliphatic carbocycles. The fourth-order valence-corrected chi connectivity index (χ4v) is 4.11. The Morgan fingerprint density at radius 2 is 1.66 bits per heavy atom. The van der Waals surface area contributed by atoms with E-state index >= 15 is 0 Å². The average Bonchev–Trinajstić information content (AvgIpc) is 2.78. The molecule has 0 saturated carbocycles. The van der Waals surface area contributed by atoms with Gasteiger partial charge in [0.25, 0.3) is 0 Å². The Morgan fingerprint density at radius 3 is 2.41 bits per heavy atom. The van der Waals surface area contributed by atoms with Crippen LogP contribution in [0.5, 0.6) is 5.75 Å². The van der Waals surface area contributed by atoms with Gasteiger partial charge in [-0.05, 0) is 49.0 Å². The molecule has 0 amide bonds. The third-order valence-electron chi connectivity index (χ3n) is 5.70. The molecule has 2 N–H and O–H groups in total. The Balaban J connectivity index is 1.22. The van der Waals surface area contributed by atoms with Gasteiger partial charge >= 0.3 is 0 Å². The van der Waals surface area contributed by atoms with Crippen molar-refractivity contribution in [1.29, 1.82) is 5.41 Å². The van der Waals surface area contributed by atoms with Crippen LogP contribution in [0.25, 0.3) is 10.8 Å². The molecule has 1 saturated heterocycles. The molecule has 1 aliphatic heterocycles. The van der Waals surface area contributed by atoms with E-state index in [0.29, 0.717) is 12.6 Å². The first kappa shape index (κ1) is 19.6. The largest absolute Gasteiger partial charge is 0.492 e. The van der Waals surface area contributed by atoms with Gasteiger partial charge in [-0.25, -0.2) is 0 Å². The molecule has 3 aromatic rings. The van der Waals surface area contributed by atoms with Crippen LogP contribution in [0.3, 0.4) is 0 Å². The molecule has 4 rings (SSSR count). The second-order valence-corrected chi connectivity index (χ2v) is 7.68. The van der Waals surface area contributed by atoms with Crippen LogP contribution in [0.4, 0.5) is 0 Å². The Labute approximate surface area is 173 Å². The summed E-state index contributed by atoms with van der Waals surface area (Å²) in [5.74, 6) is 0.894. The SMILES string of the molecule is N=Cc1ccc(OCCNC2CCN(Cc3ccccc3)CC2)c2ccccc12. The fraction of sp³-hybridized carbons (Fsp3) is 0.320. The monoisotopic (exact) mass is 387 g/mol. The van der Waals surface area contributed by atoms with Gasteiger partial charge in [-0.15, -0.1) is 0 Å². The highest BCUT2D eigenvalue weighted by Crippen LogP contribution is 2.27. The molecule has 3 aromatic carbocycles. The summed E-state index contributed by atoms with van der Waals surface area (Å²) in [7, 11) is 0. The molecule has 1 heterocycles. The van der Waals surface area contributed by atoms with Crippen molar-refractivity contribution < 1.29 is 4.74 Å². The number of rotatable bonds is 8. The van der Waals surface area contributed by atoms with E-state index in [0.717, 1.165) is 48.3 Å². The van der Waals surface area contributed by atoms with E-state index < -0.39 is 0 Å². The molecule has 0 aromatic heterocycles. The molecule has 0 spiro atoms. The zero-order chi connectivity index (χ0) is 19.9. The number of nitrogens with one attached hydrogen (secondary N) is 2. The highest BCUT2D eigenvalue weighted by Gasteiger charge is 2.18. The number of nitrogens with zero attached hydrogens (tertiary/aromatic N) is 1. The van der Waals surface area contributed by atoms with E-state index in [1.54, 1.807) is 0 Å². The van der Waals surface area contributed by atoms with Crippen LogP contribution in [-0.2, 0) is 6.54 Å². The molecular formula is C25H29N3O. The minimum absolute atomic E-state index is 0.572. The lowest BCUT2D eigenvalue weighted by Gasteiger charge is -2.32. The van der Waals surface area contributed by atoms with Gasteiger partial charge in [-0.2, -0.15) is 0 Å². The van der Waals surface area contributed by atoms with E-state index in [1.165, 1.54) is 24.6 Å². The Bertz CT molecular complexity index is 933. The molecule has 0 unspecified atom stereocenters. The van der Waals surface area contributed by atoms with Gasteiger partial charge in [0.15, 0.2) is 0 Å². The molecular weight excluding hydrogens is 358 g/mol. The normalized spacial score (nSPS) is 15.4. The molecule has 0 bridgehead atoms. The van der Waals surface area contributed by atoms with Gasteiger partial charge in [0.2, 0.25) is 0 Å². The van der Waals surface area contributed by atoms with E-state index in [2.05, 4.69) is 46.6 Å². The standard InChI is InChI=1S/C25H29N3O/c26-18-21-10-11-25(24-9-5-4-8-23(21)24)29-17-14-27-22-12-15-28(16-13-22)19-20-6-2-1-3-7-20/h1-11,18,22,26-27H,12-17,19H2. The predicted octanol–water partition coefficient (Wildman–Crippen LogP) is 4.47. The second-order valence-electron chi connectivity index (χ2n) is 7.68. The van der Waals surface area contributed by atoms with Crippen molar-refractivity contribution in [2.75, 3.05) is 26.2 Å².